The summed E-state index contributed by atoms with van der Waals surface area (Å²) >= 11 is 0. The van der Waals surface area contributed by atoms with Gasteiger partial charge in [0.15, 0.2) is 15.4 Å². The molecule has 1 aromatic carbocycles. The summed E-state index contributed by atoms with van der Waals surface area (Å²) in [5, 5.41) is 10.5. The predicted molar refractivity (Wildman–Crippen MR) is 73.4 cm³/mol. The summed E-state index contributed by atoms with van der Waals surface area (Å²) in [6, 6.07) is 4.52. The van der Waals surface area contributed by atoms with Crippen molar-refractivity contribution in [1.29, 1.82) is 0 Å². The fraction of sp³-hybridized carbons (Fsp3) is 0.308. The maximum Gasteiger partial charge on any atom is 0.269 e. The molecule has 1 aromatic rings. The van der Waals surface area contributed by atoms with Gasteiger partial charge in [-0.05, 0) is 26.0 Å². The number of sulfone groups is 1. The highest BCUT2D eigenvalue weighted by Crippen LogP contribution is 2.27. The van der Waals surface area contributed by atoms with E-state index in [0.29, 0.717) is 0 Å². The van der Waals surface area contributed by atoms with Gasteiger partial charge in [-0.2, -0.15) is 0 Å². The largest absolute Gasteiger partial charge is 0.487 e. The van der Waals surface area contributed by atoms with Gasteiger partial charge in [0.1, 0.15) is 0 Å². The Morgan fingerprint density at radius 1 is 1.24 bits per heavy atom. The summed E-state index contributed by atoms with van der Waals surface area (Å²) < 4.78 is 29.5. The van der Waals surface area contributed by atoms with Gasteiger partial charge in [0, 0.05) is 17.7 Å². The summed E-state index contributed by atoms with van der Waals surface area (Å²) in [5.41, 5.74) is -1.19. The summed E-state index contributed by atoms with van der Waals surface area (Å²) in [4.78, 5) is 21.8. The van der Waals surface area contributed by atoms with Crippen LogP contribution < -0.4 is 0 Å². The van der Waals surface area contributed by atoms with E-state index in [4.69, 9.17) is 4.74 Å². The third kappa shape index (κ3) is 2.94. The number of Topliss-reactive ketones (excluding diaryl/α,β-unsaturated/α-hetero) is 1. The van der Waals surface area contributed by atoms with Gasteiger partial charge < -0.3 is 4.74 Å². The minimum Gasteiger partial charge on any atom is -0.487 e. The quantitative estimate of drug-likeness (QED) is 0.618. The highest BCUT2D eigenvalue weighted by Gasteiger charge is 2.38. The summed E-state index contributed by atoms with van der Waals surface area (Å²) in [6.07, 6.45) is 1.16. The molecule has 21 heavy (non-hydrogen) atoms. The van der Waals surface area contributed by atoms with Crippen LogP contribution >= 0.6 is 0 Å². The minimum absolute atomic E-state index is 0.0679. The van der Waals surface area contributed by atoms with Crippen molar-refractivity contribution in [3.8, 4) is 0 Å². The number of carbonyl (C=O) groups excluding carboxylic acids is 1. The summed E-state index contributed by atoms with van der Waals surface area (Å²) in [5.74, 6) is -0.874. The number of benzene rings is 1. The molecule has 1 aliphatic rings. The second kappa shape index (κ2) is 4.96. The zero-order valence-corrected chi connectivity index (χ0v) is 12.2. The highest BCUT2D eigenvalue weighted by atomic mass is 32.2. The van der Waals surface area contributed by atoms with Gasteiger partial charge in [-0.25, -0.2) is 8.42 Å². The number of hydrogen-bond acceptors (Lipinski definition) is 6. The number of nitro groups is 1. The van der Waals surface area contributed by atoms with Gasteiger partial charge in [0.05, 0.1) is 21.8 Å². The average molecular weight is 311 g/mol. The van der Waals surface area contributed by atoms with E-state index >= 15 is 0 Å². The molecule has 8 heteroatoms. The van der Waals surface area contributed by atoms with E-state index in [9.17, 15) is 23.3 Å². The molecule has 112 valence electrons. The van der Waals surface area contributed by atoms with Gasteiger partial charge in [-0.1, -0.05) is 0 Å². The molecule has 0 radical (unpaired) electrons. The lowest BCUT2D eigenvalue weighted by molar-refractivity contribution is -0.384. The molecule has 1 heterocycles. The van der Waals surface area contributed by atoms with E-state index < -0.39 is 26.1 Å². The van der Waals surface area contributed by atoms with Crippen LogP contribution in [0.5, 0.6) is 0 Å². The van der Waals surface area contributed by atoms with E-state index in [1.54, 1.807) is 13.8 Å². The Morgan fingerprint density at radius 2 is 1.81 bits per heavy atom. The van der Waals surface area contributed by atoms with Crippen LogP contribution in [0.4, 0.5) is 5.69 Å². The van der Waals surface area contributed by atoms with Crippen molar-refractivity contribution in [3.05, 3.63) is 46.2 Å². The van der Waals surface area contributed by atoms with Crippen molar-refractivity contribution in [1.82, 2.24) is 0 Å². The second-order valence-electron chi connectivity index (χ2n) is 5.11. The van der Waals surface area contributed by atoms with Crippen LogP contribution in [-0.2, 0) is 19.4 Å². The molecule has 0 aliphatic carbocycles. The Balaban J connectivity index is 2.24. The Bertz CT molecular complexity index is 730. The molecule has 0 unspecified atom stereocenters. The zero-order chi connectivity index (χ0) is 15.8. The molecule has 1 aliphatic heterocycles. The molecule has 7 nitrogen and oxygen atoms in total. The molecule has 0 atom stereocenters. The number of ketones is 1. The number of non-ortho nitro benzene ring substituents is 1. The first-order chi connectivity index (χ1) is 9.63. The third-order valence-electron chi connectivity index (χ3n) is 3.09. The molecule has 0 aromatic heterocycles. The number of nitro benzene ring substituents is 1. The SMILES string of the molecule is CC1(C)OC=C(CS(=O)(=O)c2ccc([N+](=O)[O-])cc2)C1=O. The Morgan fingerprint density at radius 3 is 2.24 bits per heavy atom. The lowest BCUT2D eigenvalue weighted by Crippen LogP contribution is -2.30. The Kier molecular flexibility index (Phi) is 3.58. The van der Waals surface area contributed by atoms with Crippen molar-refractivity contribution in [2.75, 3.05) is 5.75 Å². The van der Waals surface area contributed by atoms with E-state index in [0.717, 1.165) is 30.5 Å². The summed E-state index contributed by atoms with van der Waals surface area (Å²) in [7, 11) is -3.76. The van der Waals surface area contributed by atoms with Crippen LogP contribution in [-0.4, -0.2) is 30.5 Å². The van der Waals surface area contributed by atoms with Crippen LogP contribution in [0.3, 0.4) is 0 Å². The fourth-order valence-electron chi connectivity index (χ4n) is 1.87. The first kappa shape index (κ1) is 15.2. The second-order valence-corrected chi connectivity index (χ2v) is 7.10. The van der Waals surface area contributed by atoms with E-state index in [1.165, 1.54) is 0 Å². The van der Waals surface area contributed by atoms with E-state index in [1.807, 2.05) is 0 Å². The lowest BCUT2D eigenvalue weighted by atomic mass is 10.0. The van der Waals surface area contributed by atoms with Crippen molar-refractivity contribution >= 4 is 21.3 Å². The molecule has 0 saturated heterocycles. The first-order valence-electron chi connectivity index (χ1n) is 6.02. The van der Waals surface area contributed by atoms with Crippen molar-refractivity contribution in [2.24, 2.45) is 0 Å². The Labute approximate surface area is 121 Å². The van der Waals surface area contributed by atoms with Crippen LogP contribution in [0.2, 0.25) is 0 Å². The third-order valence-corrected chi connectivity index (χ3v) is 4.77. The fourth-order valence-corrected chi connectivity index (χ4v) is 3.20. The highest BCUT2D eigenvalue weighted by molar-refractivity contribution is 7.91. The molecule has 0 saturated carbocycles. The van der Waals surface area contributed by atoms with Crippen molar-refractivity contribution in [2.45, 2.75) is 24.3 Å². The van der Waals surface area contributed by atoms with Gasteiger partial charge in [0.25, 0.3) is 5.69 Å². The summed E-state index contributed by atoms with van der Waals surface area (Å²) in [6.45, 7) is 3.11. The maximum atomic E-state index is 12.2. The molecule has 0 N–H and O–H groups in total. The smallest absolute Gasteiger partial charge is 0.269 e. The average Bonchev–Trinajstić information content (AvgIpc) is 2.65. The van der Waals surface area contributed by atoms with Crippen LogP contribution in [0.15, 0.2) is 41.0 Å². The molecule has 2 rings (SSSR count). The minimum atomic E-state index is -3.76. The number of nitrogens with zero attached hydrogens (tertiary/aromatic N) is 1. The van der Waals surface area contributed by atoms with E-state index in [-0.39, 0.29) is 21.9 Å². The number of hydrogen-bond donors (Lipinski definition) is 0. The van der Waals surface area contributed by atoms with Crippen LogP contribution in [0.25, 0.3) is 0 Å². The predicted octanol–water partition coefficient (Wildman–Crippen LogP) is 1.63. The van der Waals surface area contributed by atoms with Gasteiger partial charge in [0.2, 0.25) is 5.78 Å². The molecular weight excluding hydrogens is 298 g/mol. The molecule has 0 fully saturated rings. The van der Waals surface area contributed by atoms with Crippen LogP contribution in [0, 0.1) is 10.1 Å². The van der Waals surface area contributed by atoms with Gasteiger partial charge >= 0.3 is 0 Å². The van der Waals surface area contributed by atoms with E-state index in [2.05, 4.69) is 0 Å². The molecule has 0 spiro atoms. The maximum absolute atomic E-state index is 12.2. The van der Waals surface area contributed by atoms with Crippen molar-refractivity contribution < 1.29 is 22.9 Å². The topological polar surface area (TPSA) is 104 Å². The molecule has 0 bridgehead atoms. The number of rotatable bonds is 4. The normalized spacial score (nSPS) is 17.2. The zero-order valence-electron chi connectivity index (χ0n) is 11.4. The van der Waals surface area contributed by atoms with Crippen molar-refractivity contribution in [3.63, 3.8) is 0 Å². The Hall–Kier alpha value is -2.22. The number of carbonyl (C=O) groups is 1. The molecular formula is C13H13NO6S. The monoisotopic (exact) mass is 311 g/mol. The first-order valence-corrected chi connectivity index (χ1v) is 7.67. The lowest BCUT2D eigenvalue weighted by Gasteiger charge is -2.15. The number of ether oxygens (including phenoxy) is 1. The molecule has 0 amide bonds. The standard InChI is InChI=1S/C13H13NO6S/c1-13(2)12(15)9(7-20-13)8-21(18,19)11-5-3-10(4-6-11)14(16)17/h3-7H,8H2,1-2H3. The van der Waals surface area contributed by atoms with Crippen LogP contribution in [0.1, 0.15) is 13.8 Å². The van der Waals surface area contributed by atoms with Gasteiger partial charge in [-0.3, -0.25) is 14.9 Å². The van der Waals surface area contributed by atoms with Gasteiger partial charge in [-0.15, -0.1) is 0 Å².